The first-order chi connectivity index (χ1) is 8.49. The zero-order valence-electron chi connectivity index (χ0n) is 9.50. The smallest absolute Gasteiger partial charge is 0.269 e. The van der Waals surface area contributed by atoms with Crippen LogP contribution < -0.4 is 10.0 Å². The van der Waals surface area contributed by atoms with E-state index in [4.69, 9.17) is 0 Å². The molecule has 1 atom stereocenters. The third-order valence-electron chi connectivity index (χ3n) is 2.79. The molecule has 1 saturated heterocycles. The molecule has 0 bridgehead atoms. The Kier molecular flexibility index (Phi) is 3.48. The number of benzene rings is 1. The molecule has 2 rings (SSSR count). The van der Waals surface area contributed by atoms with Gasteiger partial charge in [0.2, 0.25) is 10.0 Å². The summed E-state index contributed by atoms with van der Waals surface area (Å²) in [7, 11) is -3.43. The summed E-state index contributed by atoms with van der Waals surface area (Å²) in [6.45, 7) is 1.12. The summed E-state index contributed by atoms with van der Waals surface area (Å²) in [6.07, 6.45) is 0.572. The Balaban J connectivity index is 2.11. The fourth-order valence-corrected chi connectivity index (χ4v) is 3.19. The average Bonchev–Trinajstić information content (AvgIpc) is 2.83. The molecule has 0 aliphatic carbocycles. The van der Waals surface area contributed by atoms with Gasteiger partial charge in [0.1, 0.15) is 0 Å². The van der Waals surface area contributed by atoms with Crippen LogP contribution in [0.25, 0.3) is 0 Å². The van der Waals surface area contributed by atoms with E-state index in [1.165, 1.54) is 24.3 Å². The van der Waals surface area contributed by atoms with E-state index in [0.29, 0.717) is 25.2 Å². The first kappa shape index (κ1) is 12.8. The molecule has 1 aromatic rings. The molecule has 0 saturated carbocycles. The SMILES string of the molecule is O=[N+]([O-])c1ccc(NS(=O)(=O)C2CCNC2)cc1. The largest absolute Gasteiger partial charge is 0.315 e. The number of nitro benzene ring substituents is 1. The van der Waals surface area contributed by atoms with E-state index in [1.54, 1.807) is 0 Å². The zero-order chi connectivity index (χ0) is 13.2. The Morgan fingerprint density at radius 3 is 2.50 bits per heavy atom. The Labute approximate surface area is 104 Å². The molecule has 18 heavy (non-hydrogen) atoms. The summed E-state index contributed by atoms with van der Waals surface area (Å²) in [5, 5.41) is 13.0. The van der Waals surface area contributed by atoms with Gasteiger partial charge in [0, 0.05) is 24.4 Å². The number of nitrogens with zero attached hydrogens (tertiary/aromatic N) is 1. The molecular formula is C10H13N3O4S. The van der Waals surface area contributed by atoms with Gasteiger partial charge >= 0.3 is 0 Å². The van der Waals surface area contributed by atoms with E-state index in [9.17, 15) is 18.5 Å². The van der Waals surface area contributed by atoms with Gasteiger partial charge in [0.25, 0.3) is 5.69 Å². The molecule has 98 valence electrons. The van der Waals surface area contributed by atoms with Crippen molar-refractivity contribution in [3.05, 3.63) is 34.4 Å². The maximum atomic E-state index is 11.9. The highest BCUT2D eigenvalue weighted by Gasteiger charge is 2.28. The van der Waals surface area contributed by atoms with Crippen LogP contribution in [0.5, 0.6) is 0 Å². The molecule has 1 aliphatic rings. The van der Waals surface area contributed by atoms with Crippen molar-refractivity contribution in [1.82, 2.24) is 5.32 Å². The van der Waals surface area contributed by atoms with E-state index in [2.05, 4.69) is 10.0 Å². The van der Waals surface area contributed by atoms with Crippen molar-refractivity contribution in [3.63, 3.8) is 0 Å². The van der Waals surface area contributed by atoms with E-state index in [0.717, 1.165) is 0 Å². The highest BCUT2D eigenvalue weighted by Crippen LogP contribution is 2.19. The Morgan fingerprint density at radius 1 is 1.33 bits per heavy atom. The number of hydrogen-bond acceptors (Lipinski definition) is 5. The normalized spacial score (nSPS) is 19.7. The first-order valence-corrected chi connectivity index (χ1v) is 7.00. The molecule has 0 spiro atoms. The number of non-ortho nitro benzene ring substituents is 1. The summed E-state index contributed by atoms with van der Waals surface area (Å²) in [4.78, 5) is 9.94. The lowest BCUT2D eigenvalue weighted by atomic mass is 10.3. The third-order valence-corrected chi connectivity index (χ3v) is 4.59. The van der Waals surface area contributed by atoms with Crippen molar-refractivity contribution in [2.24, 2.45) is 0 Å². The maximum absolute atomic E-state index is 11.9. The van der Waals surface area contributed by atoms with Gasteiger partial charge in [-0.15, -0.1) is 0 Å². The molecule has 0 radical (unpaired) electrons. The van der Waals surface area contributed by atoms with Crippen molar-refractivity contribution in [1.29, 1.82) is 0 Å². The van der Waals surface area contributed by atoms with Crippen LogP contribution in [0.4, 0.5) is 11.4 Å². The van der Waals surface area contributed by atoms with Gasteiger partial charge in [-0.05, 0) is 25.1 Å². The predicted molar refractivity (Wildman–Crippen MR) is 66.9 cm³/mol. The summed E-state index contributed by atoms with van der Waals surface area (Å²) in [6, 6.07) is 5.31. The number of nitrogens with one attached hydrogen (secondary N) is 2. The third kappa shape index (κ3) is 2.77. The Morgan fingerprint density at radius 2 is 2.00 bits per heavy atom. The lowest BCUT2D eigenvalue weighted by Gasteiger charge is -2.12. The Bertz CT molecular complexity index is 535. The molecule has 2 N–H and O–H groups in total. The molecule has 7 nitrogen and oxygen atoms in total. The number of hydrogen-bond donors (Lipinski definition) is 2. The fourth-order valence-electron chi connectivity index (χ4n) is 1.79. The van der Waals surface area contributed by atoms with Crippen LogP contribution in [-0.4, -0.2) is 31.7 Å². The minimum absolute atomic E-state index is 0.0690. The van der Waals surface area contributed by atoms with Gasteiger partial charge < -0.3 is 5.32 Å². The van der Waals surface area contributed by atoms with Crippen LogP contribution >= 0.6 is 0 Å². The molecular weight excluding hydrogens is 258 g/mol. The van der Waals surface area contributed by atoms with E-state index < -0.39 is 20.2 Å². The molecule has 1 aliphatic heterocycles. The van der Waals surface area contributed by atoms with Crippen molar-refractivity contribution < 1.29 is 13.3 Å². The van der Waals surface area contributed by atoms with Gasteiger partial charge in [-0.25, -0.2) is 8.42 Å². The minimum atomic E-state index is -3.43. The van der Waals surface area contributed by atoms with Crippen LogP contribution in [-0.2, 0) is 10.0 Å². The highest BCUT2D eigenvalue weighted by atomic mass is 32.2. The van der Waals surface area contributed by atoms with Crippen LogP contribution in [0.15, 0.2) is 24.3 Å². The number of anilines is 1. The standard InChI is InChI=1S/C10H13N3O4S/c14-13(15)9-3-1-8(2-4-9)12-18(16,17)10-5-6-11-7-10/h1-4,10-12H,5-7H2. The summed E-state index contributed by atoms with van der Waals surface area (Å²) >= 11 is 0. The van der Waals surface area contributed by atoms with Gasteiger partial charge in [-0.1, -0.05) is 0 Å². The highest BCUT2D eigenvalue weighted by molar-refractivity contribution is 7.93. The van der Waals surface area contributed by atoms with Gasteiger partial charge in [0.15, 0.2) is 0 Å². The quantitative estimate of drug-likeness (QED) is 0.620. The van der Waals surface area contributed by atoms with Crippen molar-refractivity contribution in [2.45, 2.75) is 11.7 Å². The summed E-state index contributed by atoms with van der Waals surface area (Å²) < 4.78 is 26.3. The van der Waals surface area contributed by atoms with E-state index in [1.807, 2.05) is 0 Å². The molecule has 1 aromatic carbocycles. The maximum Gasteiger partial charge on any atom is 0.269 e. The summed E-state index contributed by atoms with van der Waals surface area (Å²) in [5.41, 5.74) is 0.271. The molecule has 1 heterocycles. The van der Waals surface area contributed by atoms with Crippen molar-refractivity contribution in [2.75, 3.05) is 17.8 Å². The molecule has 0 amide bonds. The van der Waals surface area contributed by atoms with Crippen LogP contribution in [0.1, 0.15) is 6.42 Å². The second-order valence-electron chi connectivity index (χ2n) is 4.07. The molecule has 8 heteroatoms. The summed E-state index contributed by atoms with van der Waals surface area (Å²) in [5.74, 6) is 0. The number of sulfonamides is 1. The van der Waals surface area contributed by atoms with Crippen LogP contribution in [0.3, 0.4) is 0 Å². The van der Waals surface area contributed by atoms with Crippen molar-refractivity contribution in [3.8, 4) is 0 Å². The zero-order valence-corrected chi connectivity index (χ0v) is 10.3. The first-order valence-electron chi connectivity index (χ1n) is 5.46. The minimum Gasteiger partial charge on any atom is -0.315 e. The lowest BCUT2D eigenvalue weighted by Crippen LogP contribution is -2.29. The number of nitro groups is 1. The van der Waals surface area contributed by atoms with Crippen molar-refractivity contribution >= 4 is 21.4 Å². The lowest BCUT2D eigenvalue weighted by molar-refractivity contribution is -0.384. The second kappa shape index (κ2) is 4.91. The van der Waals surface area contributed by atoms with Gasteiger partial charge in [-0.2, -0.15) is 0 Å². The predicted octanol–water partition coefficient (Wildman–Crippen LogP) is 0.698. The van der Waals surface area contributed by atoms with E-state index in [-0.39, 0.29) is 5.69 Å². The molecule has 1 unspecified atom stereocenters. The molecule has 1 fully saturated rings. The van der Waals surface area contributed by atoms with Crippen LogP contribution in [0, 0.1) is 10.1 Å². The van der Waals surface area contributed by atoms with E-state index >= 15 is 0 Å². The fraction of sp³-hybridized carbons (Fsp3) is 0.400. The second-order valence-corrected chi connectivity index (χ2v) is 6.03. The monoisotopic (exact) mass is 271 g/mol. The van der Waals surface area contributed by atoms with Gasteiger partial charge in [0.05, 0.1) is 10.2 Å². The molecule has 0 aromatic heterocycles. The average molecular weight is 271 g/mol. The van der Waals surface area contributed by atoms with Gasteiger partial charge in [-0.3, -0.25) is 14.8 Å². The Hall–Kier alpha value is -1.67. The topological polar surface area (TPSA) is 101 Å². The number of rotatable bonds is 4. The van der Waals surface area contributed by atoms with Crippen LogP contribution in [0.2, 0.25) is 0 Å².